The molecular weight excluding hydrogens is 1440 g/mol. The third kappa shape index (κ3) is 30.8. The number of likely N-dealkylation sites (N-methyl/N-ethyl adjacent to an activating group) is 8. The van der Waals surface area contributed by atoms with E-state index in [2.05, 4.69) is 31.1 Å². The van der Waals surface area contributed by atoms with Crippen molar-refractivity contribution in [2.75, 3.05) is 76.1 Å². The number of nitrogens with one attached hydrogen (secondary N) is 5. The van der Waals surface area contributed by atoms with Gasteiger partial charge in [-0.2, -0.15) is 0 Å². The first kappa shape index (κ1) is 98.7. The van der Waals surface area contributed by atoms with E-state index < -0.39 is 213 Å². The van der Waals surface area contributed by atoms with Gasteiger partial charge < -0.3 is 89.8 Å². The summed E-state index contributed by atoms with van der Waals surface area (Å²) in [7, 11) is 5.00. The molecule has 0 saturated carbocycles. The predicted molar refractivity (Wildman–Crippen MR) is 403 cm³/mol. The van der Waals surface area contributed by atoms with Gasteiger partial charge in [0.1, 0.15) is 79.1 Å². The van der Waals surface area contributed by atoms with Gasteiger partial charge >= 0.3 is 25.9 Å². The van der Waals surface area contributed by atoms with Gasteiger partial charge in [-0.1, -0.05) is 109 Å². The zero-order valence-electron chi connectivity index (χ0n) is 69.1. The highest BCUT2D eigenvalue weighted by Gasteiger charge is 2.48. The molecule has 1 unspecified atom stereocenters. The Morgan fingerprint density at radius 3 is 1.49 bits per heavy atom. The van der Waals surface area contributed by atoms with Crippen molar-refractivity contribution in [1.29, 1.82) is 0 Å². The SMILES string of the molecule is CC=CC[C@@H](C)[C@@H](OC(=O)CN(C)C(=O)[C@H](COP(=O)(O)O)NC(=O)OC(C)OC(C)=O)[C@H]1C(=O)N[C@@H](CC)C(=O)N(C)CC(=O)N(C)[C@@H](CC(C)C)C(=O)N[C@@H](C(C)C)C(=O)N(C)[C@@H](CC(C)C)C(=O)N[C@@H](C)C(=O)N[C@H](C)C(=O)N(C)[C@@H](CC(C)C)C(=O)N(C)[C@@H](CC(C)C)C(=O)N(C)[C@@H](C(C)C)C(=O)N1C. The molecule has 0 aromatic heterocycles. The molecule has 1 heterocycles. The molecule has 0 aromatic carbocycles. The highest BCUT2D eigenvalue weighted by Crippen LogP contribution is 2.36. The minimum Gasteiger partial charge on any atom is -0.458 e. The van der Waals surface area contributed by atoms with Crippen LogP contribution in [0.5, 0.6) is 0 Å². The Bertz CT molecular complexity index is 3240. The molecule has 0 bridgehead atoms. The number of carbonyl (C=O) groups is 15. The van der Waals surface area contributed by atoms with Crippen molar-refractivity contribution < 1.29 is 105 Å². The fraction of sp³-hybridized carbons (Fsp3) is 0.767. The number of phosphoric acid groups is 1. The zero-order chi connectivity index (χ0) is 84.5. The Morgan fingerprint density at radius 2 is 1.02 bits per heavy atom. The number of hydrogen-bond acceptors (Lipinski definition) is 20. The Kier molecular flexibility index (Phi) is 40.9. The molecule has 14 atom stereocenters. The summed E-state index contributed by atoms with van der Waals surface area (Å²) in [6.07, 6.45) is -1.32. The third-order valence-electron chi connectivity index (χ3n) is 18.7. The van der Waals surface area contributed by atoms with E-state index in [1.165, 1.54) is 84.8 Å². The summed E-state index contributed by atoms with van der Waals surface area (Å²) >= 11 is 0. The largest absolute Gasteiger partial charge is 0.469 e. The fourth-order valence-corrected chi connectivity index (χ4v) is 12.8. The van der Waals surface area contributed by atoms with Crippen molar-refractivity contribution in [1.82, 2.24) is 65.8 Å². The number of ether oxygens (including phenoxy) is 3. The normalized spacial score (nSPS) is 24.1. The predicted octanol–water partition coefficient (Wildman–Crippen LogP) is 2.39. The average Bonchev–Trinajstić information content (AvgIpc) is 0.798. The molecule has 0 aliphatic carbocycles. The summed E-state index contributed by atoms with van der Waals surface area (Å²) in [5, 5.41) is 12.9. The van der Waals surface area contributed by atoms with Gasteiger partial charge in [0.25, 0.3) is 0 Å². The maximum absolute atomic E-state index is 15.9. The molecule has 13 amide bonds. The molecule has 1 saturated heterocycles. The molecule has 1 aliphatic heterocycles. The maximum atomic E-state index is 15.9. The smallest absolute Gasteiger partial charge is 0.458 e. The second kappa shape index (κ2) is 45.1. The average molecular weight is 1570 g/mol. The second-order valence-corrected chi connectivity index (χ2v) is 32.1. The van der Waals surface area contributed by atoms with Crippen molar-refractivity contribution >= 4 is 96.7 Å². The van der Waals surface area contributed by atoms with E-state index in [4.69, 9.17) is 14.2 Å². The Balaban J connectivity index is 4.64. The summed E-state index contributed by atoms with van der Waals surface area (Å²) in [5.41, 5.74) is 0. The Morgan fingerprint density at radius 1 is 0.560 bits per heavy atom. The van der Waals surface area contributed by atoms with Gasteiger partial charge in [-0.15, -0.1) is 0 Å². The van der Waals surface area contributed by atoms with E-state index in [-0.39, 0.29) is 62.2 Å². The van der Waals surface area contributed by atoms with Gasteiger partial charge in [0.2, 0.25) is 77.2 Å². The quantitative estimate of drug-likeness (QED) is 0.0298. The molecule has 0 aromatic rings. The van der Waals surface area contributed by atoms with Crippen LogP contribution in [0.2, 0.25) is 0 Å². The number of nitrogens with zero attached hydrogens (tertiary/aromatic N) is 8. The van der Waals surface area contributed by atoms with Crippen molar-refractivity contribution in [3.8, 4) is 0 Å². The summed E-state index contributed by atoms with van der Waals surface area (Å²) in [5.74, 6) is -15.5. The molecule has 35 nitrogen and oxygen atoms in total. The number of amides is 13. The molecule has 1 aliphatic rings. The Hall–Kier alpha value is -8.30. The molecule has 7 N–H and O–H groups in total. The minimum absolute atomic E-state index is 0.00826. The van der Waals surface area contributed by atoms with Gasteiger partial charge in [-0.3, -0.25) is 71.6 Å². The lowest BCUT2D eigenvalue weighted by molar-refractivity contribution is -0.167. The maximum Gasteiger partial charge on any atom is 0.469 e. The minimum atomic E-state index is -5.35. The molecule has 0 spiro atoms. The summed E-state index contributed by atoms with van der Waals surface area (Å²) in [6, 6.07) is -15.9. The first-order valence-corrected chi connectivity index (χ1v) is 38.7. The lowest BCUT2D eigenvalue weighted by atomic mass is 9.91. The van der Waals surface area contributed by atoms with E-state index in [0.717, 1.165) is 40.5 Å². The van der Waals surface area contributed by atoms with Crippen LogP contribution in [0.3, 0.4) is 0 Å². The van der Waals surface area contributed by atoms with Crippen LogP contribution >= 0.6 is 7.82 Å². The topological polar surface area (TPSA) is 437 Å². The van der Waals surface area contributed by atoms with Crippen LogP contribution in [-0.4, -0.2) is 293 Å². The fourth-order valence-electron chi connectivity index (χ4n) is 12.5. The standard InChI is InChI=1S/C73H128N13O22P/c1-28-30-31-45(15)61(108-57(89)37-80(21)68(96)51(38-105-109(102,103)104)77-73(101)107-49(19)106-48(18)87)60-65(93)76-50(29-2)67(95)79(20)36-56(88)81(22)52(32-39(3)4)64(92)78-58(43(11)12)71(99)82(23)53(33-40(5)6)63(91)74-46(16)62(90)75-47(17)66(94)83(24)54(34-41(7)8)69(97)84(25)55(35-42(9)10)70(98)85(26)59(44(13)14)72(100)86(60)27/h28,30,39-47,49-55,58-61H,29,31-38H2,1-27H3,(H,74,91)(H,75,90)(H,76,93)(H,77,101)(H,78,92)(H2,102,103,104)/t45-,46+,47-,49?,50+,51+,52+,53+,54+,55+,58+,59+,60+,61-/m1/s1. The van der Waals surface area contributed by atoms with Crippen LogP contribution in [0, 0.1) is 41.4 Å². The van der Waals surface area contributed by atoms with E-state index in [0.29, 0.717) is 4.90 Å². The molecule has 622 valence electrons. The summed E-state index contributed by atoms with van der Waals surface area (Å²) in [4.78, 5) is 245. The van der Waals surface area contributed by atoms with Crippen molar-refractivity contribution in [2.24, 2.45) is 41.4 Å². The Labute approximate surface area is 643 Å². The van der Waals surface area contributed by atoms with Crippen LogP contribution in [0.1, 0.15) is 170 Å². The van der Waals surface area contributed by atoms with Crippen LogP contribution in [-0.2, 0) is 90.4 Å². The van der Waals surface area contributed by atoms with Crippen LogP contribution in [0.15, 0.2) is 12.2 Å². The van der Waals surface area contributed by atoms with E-state index in [1.807, 2.05) is 27.7 Å². The third-order valence-corrected chi connectivity index (χ3v) is 19.1. The molecule has 109 heavy (non-hydrogen) atoms. The van der Waals surface area contributed by atoms with E-state index >= 15 is 19.2 Å². The highest BCUT2D eigenvalue weighted by atomic mass is 31.2. The highest BCUT2D eigenvalue weighted by molar-refractivity contribution is 7.46. The number of hydrogen-bond donors (Lipinski definition) is 7. The van der Waals surface area contributed by atoms with Gasteiger partial charge in [0.05, 0.1) is 13.2 Å². The van der Waals surface area contributed by atoms with Crippen molar-refractivity contribution in [3.05, 3.63) is 12.2 Å². The van der Waals surface area contributed by atoms with E-state index in [1.54, 1.807) is 81.4 Å². The van der Waals surface area contributed by atoms with Crippen LogP contribution in [0.25, 0.3) is 0 Å². The zero-order valence-corrected chi connectivity index (χ0v) is 70.0. The van der Waals surface area contributed by atoms with Crippen LogP contribution in [0.4, 0.5) is 4.79 Å². The lowest BCUT2D eigenvalue weighted by Gasteiger charge is -2.42. The van der Waals surface area contributed by atoms with E-state index in [9.17, 15) is 67.1 Å². The first-order chi connectivity index (χ1) is 50.2. The van der Waals surface area contributed by atoms with Gasteiger partial charge in [0, 0.05) is 70.2 Å². The van der Waals surface area contributed by atoms with Crippen molar-refractivity contribution in [2.45, 2.75) is 249 Å². The monoisotopic (exact) mass is 1570 g/mol. The molecule has 1 fully saturated rings. The second-order valence-electron chi connectivity index (χ2n) is 30.8. The molecule has 1 rings (SSSR count). The van der Waals surface area contributed by atoms with Gasteiger partial charge in [0.15, 0.2) is 0 Å². The number of carbonyl (C=O) groups excluding carboxylic acids is 15. The molecule has 36 heteroatoms. The van der Waals surface area contributed by atoms with Crippen LogP contribution < -0.4 is 26.6 Å². The first-order valence-electron chi connectivity index (χ1n) is 37.1. The summed E-state index contributed by atoms with van der Waals surface area (Å²) in [6.45, 7) is 27.9. The number of allylic oxidation sites excluding steroid dienone is 2. The molecule has 0 radical (unpaired) electrons. The molecular formula is C73H128N13O22P. The number of alkyl carbamates (subject to hydrolysis) is 1. The van der Waals surface area contributed by atoms with Gasteiger partial charge in [-0.05, 0) is 101 Å². The lowest BCUT2D eigenvalue weighted by Crippen LogP contribution is -2.64. The van der Waals surface area contributed by atoms with Crippen molar-refractivity contribution in [3.63, 3.8) is 0 Å². The number of esters is 2. The van der Waals surface area contributed by atoms with Gasteiger partial charge in [-0.25, -0.2) is 9.36 Å². The number of rotatable bonds is 25. The number of phosphoric ester groups is 1. The summed E-state index contributed by atoms with van der Waals surface area (Å²) < 4.78 is 32.4.